The van der Waals surface area contributed by atoms with Crippen molar-refractivity contribution in [2.24, 2.45) is 0 Å². The first-order chi connectivity index (χ1) is 5.84. The Kier molecular flexibility index (Phi) is 5.59. The molecule has 0 atom stereocenters. The van der Waals surface area contributed by atoms with Crippen LogP contribution in [-0.4, -0.2) is 13.0 Å². The molecule has 0 radical (unpaired) electrons. The van der Waals surface area contributed by atoms with Crippen LogP contribution >= 0.6 is 11.6 Å². The van der Waals surface area contributed by atoms with Gasteiger partial charge in [-0.25, -0.2) is 8.42 Å². The van der Waals surface area contributed by atoms with Crippen LogP contribution in [-0.2, 0) is 10.1 Å². The molecular formula is C7H7ClKNO3S. The predicted octanol–water partition coefficient (Wildman–Crippen LogP) is -1.86. The van der Waals surface area contributed by atoms with Gasteiger partial charge in [-0.05, 0) is 24.6 Å². The van der Waals surface area contributed by atoms with E-state index < -0.39 is 15.0 Å². The van der Waals surface area contributed by atoms with E-state index in [4.69, 9.17) is 17.3 Å². The van der Waals surface area contributed by atoms with Crippen molar-refractivity contribution in [2.75, 3.05) is 5.73 Å². The number of nitrogens with two attached hydrogens (primary N) is 1. The Balaban J connectivity index is 0.00000169. The van der Waals surface area contributed by atoms with Crippen molar-refractivity contribution >= 4 is 27.4 Å². The molecule has 1 aromatic rings. The topological polar surface area (TPSA) is 83.2 Å². The van der Waals surface area contributed by atoms with Gasteiger partial charge >= 0.3 is 51.4 Å². The standard InChI is InChI=1S/C7H8ClNO3S.K/c1-4-5(9)2-3-6(7(4)8)13(10,11)12;/h2-3H,9H2,1H3,(H,10,11,12);/q;+1/p-1. The number of halogens is 1. The number of rotatable bonds is 1. The van der Waals surface area contributed by atoms with Crippen molar-refractivity contribution in [2.45, 2.75) is 11.8 Å². The van der Waals surface area contributed by atoms with Crippen LogP contribution < -0.4 is 57.1 Å². The summed E-state index contributed by atoms with van der Waals surface area (Å²) in [6.45, 7) is 1.55. The molecule has 4 nitrogen and oxygen atoms in total. The van der Waals surface area contributed by atoms with Crippen molar-refractivity contribution in [1.29, 1.82) is 0 Å². The Labute approximate surface area is 130 Å². The van der Waals surface area contributed by atoms with Gasteiger partial charge in [0, 0.05) is 5.69 Å². The molecule has 0 unspecified atom stereocenters. The van der Waals surface area contributed by atoms with E-state index in [9.17, 15) is 13.0 Å². The summed E-state index contributed by atoms with van der Waals surface area (Å²) in [4.78, 5) is -0.430. The van der Waals surface area contributed by atoms with Crippen molar-refractivity contribution in [3.63, 3.8) is 0 Å². The first-order valence-electron chi connectivity index (χ1n) is 3.34. The second kappa shape index (κ2) is 5.27. The minimum atomic E-state index is -4.51. The minimum Gasteiger partial charge on any atom is -0.744 e. The molecule has 0 aliphatic rings. The van der Waals surface area contributed by atoms with Crippen molar-refractivity contribution in [3.8, 4) is 0 Å². The predicted molar refractivity (Wildman–Crippen MR) is 48.6 cm³/mol. The summed E-state index contributed by atoms with van der Waals surface area (Å²) in [5.74, 6) is 0. The number of nitrogen functional groups attached to an aromatic ring is 1. The van der Waals surface area contributed by atoms with Gasteiger partial charge in [-0.2, -0.15) is 0 Å². The zero-order chi connectivity index (χ0) is 10.2. The summed E-state index contributed by atoms with van der Waals surface area (Å²) in [5, 5.41) is -0.102. The summed E-state index contributed by atoms with van der Waals surface area (Å²) in [5.41, 5.74) is 6.21. The molecule has 0 spiro atoms. The number of benzene rings is 1. The van der Waals surface area contributed by atoms with Gasteiger partial charge in [0.1, 0.15) is 10.1 Å². The largest absolute Gasteiger partial charge is 1.00 e. The van der Waals surface area contributed by atoms with Gasteiger partial charge in [-0.3, -0.25) is 0 Å². The minimum absolute atomic E-state index is 0. The zero-order valence-electron chi connectivity index (χ0n) is 7.74. The fraction of sp³-hybridized carbons (Fsp3) is 0.143. The molecular weight excluding hydrogens is 253 g/mol. The third kappa shape index (κ3) is 3.18. The third-order valence-electron chi connectivity index (χ3n) is 1.66. The van der Waals surface area contributed by atoms with Crippen LogP contribution in [0, 0.1) is 6.92 Å². The van der Waals surface area contributed by atoms with E-state index in [0.717, 1.165) is 6.07 Å². The second-order valence-corrected chi connectivity index (χ2v) is 4.27. The molecule has 0 amide bonds. The Hall–Kier alpha value is 0.856. The molecule has 0 aliphatic carbocycles. The molecule has 0 aliphatic heterocycles. The Morgan fingerprint density at radius 3 is 2.36 bits per heavy atom. The van der Waals surface area contributed by atoms with Gasteiger partial charge in [-0.15, -0.1) is 0 Å². The van der Waals surface area contributed by atoms with E-state index >= 15 is 0 Å². The molecule has 0 saturated heterocycles. The SMILES string of the molecule is Cc1c(N)ccc(S(=O)(=O)[O-])c1Cl.[K+]. The van der Waals surface area contributed by atoms with Gasteiger partial charge < -0.3 is 10.3 Å². The molecule has 2 N–H and O–H groups in total. The van der Waals surface area contributed by atoms with Crippen LogP contribution in [0.1, 0.15) is 5.56 Å². The third-order valence-corrected chi connectivity index (χ3v) is 3.14. The van der Waals surface area contributed by atoms with Crippen LogP contribution in [0.25, 0.3) is 0 Å². The fourth-order valence-corrected chi connectivity index (χ4v) is 1.93. The maximum atomic E-state index is 10.6. The monoisotopic (exact) mass is 259 g/mol. The van der Waals surface area contributed by atoms with E-state index in [0.29, 0.717) is 11.3 Å². The van der Waals surface area contributed by atoms with Gasteiger partial charge in [-0.1, -0.05) is 11.6 Å². The van der Waals surface area contributed by atoms with Gasteiger partial charge in [0.25, 0.3) is 0 Å². The Morgan fingerprint density at radius 2 is 1.93 bits per heavy atom. The molecule has 0 heterocycles. The van der Waals surface area contributed by atoms with Crippen LogP contribution in [0.3, 0.4) is 0 Å². The second-order valence-electron chi connectivity index (χ2n) is 2.55. The molecule has 0 fully saturated rings. The maximum Gasteiger partial charge on any atom is 1.00 e. The Morgan fingerprint density at radius 1 is 1.43 bits per heavy atom. The maximum absolute atomic E-state index is 10.6. The molecule has 0 saturated carbocycles. The van der Waals surface area contributed by atoms with Crippen molar-refractivity contribution in [1.82, 2.24) is 0 Å². The summed E-state index contributed by atoms with van der Waals surface area (Å²) in [6, 6.07) is 2.44. The molecule has 72 valence electrons. The zero-order valence-corrected chi connectivity index (χ0v) is 12.4. The number of hydrogen-bond donors (Lipinski definition) is 1. The van der Waals surface area contributed by atoms with Crippen LogP contribution in [0.5, 0.6) is 0 Å². The summed E-state index contributed by atoms with van der Waals surface area (Å²) >= 11 is 5.62. The van der Waals surface area contributed by atoms with Crippen LogP contribution in [0.15, 0.2) is 17.0 Å². The molecule has 7 heteroatoms. The molecule has 14 heavy (non-hydrogen) atoms. The van der Waals surface area contributed by atoms with E-state index in [1.807, 2.05) is 0 Å². The van der Waals surface area contributed by atoms with Crippen molar-refractivity contribution in [3.05, 3.63) is 22.7 Å². The van der Waals surface area contributed by atoms with Gasteiger partial charge in [0.05, 0.1) is 9.92 Å². The summed E-state index contributed by atoms with van der Waals surface area (Å²) in [7, 11) is -4.51. The molecule has 1 rings (SSSR count). The summed E-state index contributed by atoms with van der Waals surface area (Å²) < 4.78 is 31.9. The number of hydrogen-bond acceptors (Lipinski definition) is 4. The average molecular weight is 260 g/mol. The molecule has 1 aromatic carbocycles. The van der Waals surface area contributed by atoms with Crippen molar-refractivity contribution < 1.29 is 64.4 Å². The quantitative estimate of drug-likeness (QED) is 0.364. The Bertz CT molecular complexity index is 446. The summed E-state index contributed by atoms with van der Waals surface area (Å²) in [6.07, 6.45) is 0. The smallest absolute Gasteiger partial charge is 0.744 e. The van der Waals surface area contributed by atoms with Crippen LogP contribution in [0.4, 0.5) is 5.69 Å². The van der Waals surface area contributed by atoms with Crippen LogP contribution in [0.2, 0.25) is 5.02 Å². The van der Waals surface area contributed by atoms with Gasteiger partial charge in [0.2, 0.25) is 0 Å². The van der Waals surface area contributed by atoms with E-state index in [2.05, 4.69) is 0 Å². The first kappa shape index (κ1) is 14.9. The molecule has 0 aromatic heterocycles. The normalized spacial score (nSPS) is 10.8. The first-order valence-corrected chi connectivity index (χ1v) is 5.13. The van der Waals surface area contributed by atoms with Gasteiger partial charge in [0.15, 0.2) is 0 Å². The fourth-order valence-electron chi connectivity index (χ4n) is 0.868. The number of anilines is 1. The van der Waals surface area contributed by atoms with E-state index in [1.54, 1.807) is 6.92 Å². The van der Waals surface area contributed by atoms with E-state index in [-0.39, 0.29) is 56.4 Å². The average Bonchev–Trinajstić information content (AvgIpc) is 1.98. The van der Waals surface area contributed by atoms with E-state index in [1.165, 1.54) is 6.07 Å². The molecule has 0 bridgehead atoms.